The zero-order chi connectivity index (χ0) is 20.0. The Bertz CT molecular complexity index is 691. The van der Waals surface area contributed by atoms with E-state index >= 15 is 0 Å². The lowest BCUT2D eigenvalue weighted by Crippen LogP contribution is -2.15. The highest BCUT2D eigenvalue weighted by molar-refractivity contribution is 7.32. The molecule has 0 saturated heterocycles. The van der Waals surface area contributed by atoms with Gasteiger partial charge < -0.3 is 19.3 Å². The summed E-state index contributed by atoms with van der Waals surface area (Å²) in [6.07, 6.45) is 8.62. The Balaban J connectivity index is 1.67. The molecule has 0 aliphatic rings. The maximum atomic E-state index is 10.4. The van der Waals surface area contributed by atoms with Crippen molar-refractivity contribution in [2.75, 3.05) is 13.2 Å². The molecular weight excluding hydrogens is 377 g/mol. The molecule has 1 aromatic carbocycles. The van der Waals surface area contributed by atoms with E-state index in [1.807, 2.05) is 12.1 Å². The van der Waals surface area contributed by atoms with Crippen molar-refractivity contribution in [3.05, 3.63) is 35.7 Å². The lowest BCUT2D eigenvalue weighted by atomic mass is 10.1. The second-order valence-electron chi connectivity index (χ2n) is 6.87. The van der Waals surface area contributed by atoms with E-state index in [0.29, 0.717) is 18.3 Å². The number of nitrogens with one attached hydrogen (secondary N) is 1. The second kappa shape index (κ2) is 13.6. The van der Waals surface area contributed by atoms with Gasteiger partial charge in [0.1, 0.15) is 0 Å². The Morgan fingerprint density at radius 2 is 1.89 bits per heavy atom. The van der Waals surface area contributed by atoms with Crippen molar-refractivity contribution in [1.29, 1.82) is 0 Å². The molecule has 1 aromatic heterocycles. The van der Waals surface area contributed by atoms with Crippen LogP contribution >= 0.6 is 8.25 Å². The van der Waals surface area contributed by atoms with Gasteiger partial charge in [0.15, 0.2) is 0 Å². The van der Waals surface area contributed by atoms with E-state index in [0.717, 1.165) is 44.3 Å². The average Bonchev–Trinajstić information content (AvgIpc) is 3.16. The summed E-state index contributed by atoms with van der Waals surface area (Å²) in [5.41, 5.74) is 2.14. The fraction of sp³-hybridized carbons (Fsp3) is 0.600. The molecule has 0 spiro atoms. The molecule has 0 radical (unpaired) electrons. The fourth-order valence-corrected chi connectivity index (χ4v) is 3.19. The zero-order valence-corrected chi connectivity index (χ0v) is 17.7. The summed E-state index contributed by atoms with van der Waals surface area (Å²) < 4.78 is 20.4. The first-order valence-electron chi connectivity index (χ1n) is 10.2. The van der Waals surface area contributed by atoms with Gasteiger partial charge in [-0.1, -0.05) is 62.0 Å². The van der Waals surface area contributed by atoms with E-state index in [9.17, 15) is 4.57 Å². The molecule has 1 atom stereocenters. The van der Waals surface area contributed by atoms with Crippen molar-refractivity contribution >= 4 is 8.25 Å². The molecule has 2 rings (SSSR count). The molecule has 156 valence electrons. The first-order valence-corrected chi connectivity index (χ1v) is 11.4. The molecule has 0 bridgehead atoms. The summed E-state index contributed by atoms with van der Waals surface area (Å²) in [6, 6.07) is 8.15. The van der Waals surface area contributed by atoms with Crippen LogP contribution < -0.4 is 5.32 Å². The molecule has 2 aromatic rings. The highest BCUT2D eigenvalue weighted by Gasteiger charge is 2.08. The Hall–Kier alpha value is -1.53. The van der Waals surface area contributed by atoms with Gasteiger partial charge in [0.2, 0.25) is 11.7 Å². The molecule has 0 aliphatic carbocycles. The van der Waals surface area contributed by atoms with Gasteiger partial charge in [0.25, 0.3) is 0 Å². The van der Waals surface area contributed by atoms with E-state index in [-0.39, 0.29) is 0 Å². The topological polar surface area (TPSA) is 97.5 Å². The normalized spacial score (nSPS) is 12.4. The van der Waals surface area contributed by atoms with Gasteiger partial charge in [-0.2, -0.15) is 4.98 Å². The Kier molecular flexibility index (Phi) is 11.1. The van der Waals surface area contributed by atoms with Crippen LogP contribution in [0, 0.1) is 0 Å². The average molecular weight is 409 g/mol. The van der Waals surface area contributed by atoms with E-state index in [2.05, 4.69) is 39.0 Å². The minimum absolute atomic E-state index is 0.329. The zero-order valence-electron chi connectivity index (χ0n) is 16.7. The van der Waals surface area contributed by atoms with E-state index in [1.165, 1.54) is 31.2 Å². The maximum Gasteiger partial charge on any atom is 0.316 e. The summed E-state index contributed by atoms with van der Waals surface area (Å²) in [6.45, 7) is 4.15. The number of hydrogen-bond donors (Lipinski definition) is 2. The first kappa shape index (κ1) is 22.8. The van der Waals surface area contributed by atoms with Crippen LogP contribution in [0.1, 0.15) is 63.3 Å². The van der Waals surface area contributed by atoms with E-state index in [4.69, 9.17) is 9.42 Å². The highest BCUT2D eigenvalue weighted by atomic mass is 31.1. The van der Waals surface area contributed by atoms with Crippen molar-refractivity contribution in [3.8, 4) is 11.4 Å². The van der Waals surface area contributed by atoms with Crippen LogP contribution in [-0.4, -0.2) is 28.2 Å². The molecule has 2 N–H and O–H groups in total. The standard InChI is InChI=1S/C20H32N3O4P/c1-2-3-4-5-6-9-19-22-20(23-27-19)18-12-10-17(11-13-18)16-21-14-7-8-15-26-28(24)25/h10-13,21,28H,2-9,14-16H2,1H3,(H,24,25). The third-order valence-electron chi connectivity index (χ3n) is 4.48. The molecule has 1 heterocycles. The smallest absolute Gasteiger partial charge is 0.316 e. The summed E-state index contributed by atoms with van der Waals surface area (Å²) in [5.74, 6) is 1.36. The molecule has 0 amide bonds. The molecule has 8 heteroatoms. The number of hydrogen-bond acceptors (Lipinski definition) is 6. The molecule has 0 fully saturated rings. The third kappa shape index (κ3) is 9.11. The maximum absolute atomic E-state index is 10.4. The number of rotatable bonds is 15. The summed E-state index contributed by atoms with van der Waals surface area (Å²) in [4.78, 5) is 13.1. The predicted octanol–water partition coefficient (Wildman–Crippen LogP) is 4.52. The summed E-state index contributed by atoms with van der Waals surface area (Å²) in [7, 11) is -2.79. The quantitative estimate of drug-likeness (QED) is 0.330. The van der Waals surface area contributed by atoms with E-state index in [1.54, 1.807) is 0 Å². The largest absolute Gasteiger partial charge is 0.339 e. The molecule has 7 nitrogen and oxygen atoms in total. The molecule has 0 aliphatic heterocycles. The SMILES string of the molecule is CCCCCCCc1nc(-c2ccc(CNCCCCO[PH](=O)O)cc2)no1. The Labute approximate surface area is 167 Å². The van der Waals surface area contributed by atoms with Crippen LogP contribution in [0.15, 0.2) is 28.8 Å². The minimum atomic E-state index is -2.79. The minimum Gasteiger partial charge on any atom is -0.339 e. The van der Waals surface area contributed by atoms with Gasteiger partial charge in [-0.25, -0.2) is 0 Å². The summed E-state index contributed by atoms with van der Waals surface area (Å²) >= 11 is 0. The van der Waals surface area contributed by atoms with Crippen molar-refractivity contribution in [1.82, 2.24) is 15.5 Å². The number of benzene rings is 1. The van der Waals surface area contributed by atoms with Crippen LogP contribution in [0.3, 0.4) is 0 Å². The fourth-order valence-electron chi connectivity index (χ4n) is 2.87. The lowest BCUT2D eigenvalue weighted by Gasteiger charge is -2.05. The van der Waals surface area contributed by atoms with Crippen LogP contribution in [0.2, 0.25) is 0 Å². The Morgan fingerprint density at radius 3 is 2.64 bits per heavy atom. The first-order chi connectivity index (χ1) is 13.7. The van der Waals surface area contributed by atoms with Crippen LogP contribution in [0.25, 0.3) is 11.4 Å². The van der Waals surface area contributed by atoms with Gasteiger partial charge in [0.05, 0.1) is 6.61 Å². The molecular formula is C20H32N3O4P. The number of aryl methyl sites for hydroxylation is 1. The number of aromatic nitrogens is 2. The van der Waals surface area contributed by atoms with E-state index < -0.39 is 8.25 Å². The van der Waals surface area contributed by atoms with Crippen molar-refractivity contribution in [2.45, 2.75) is 64.8 Å². The van der Waals surface area contributed by atoms with Gasteiger partial charge >= 0.3 is 8.25 Å². The predicted molar refractivity (Wildman–Crippen MR) is 110 cm³/mol. The van der Waals surface area contributed by atoms with Crippen molar-refractivity contribution in [3.63, 3.8) is 0 Å². The molecule has 28 heavy (non-hydrogen) atoms. The number of unbranched alkanes of at least 4 members (excludes halogenated alkanes) is 5. The third-order valence-corrected chi connectivity index (χ3v) is 4.93. The van der Waals surface area contributed by atoms with Gasteiger partial charge in [-0.3, -0.25) is 4.57 Å². The second-order valence-corrected chi connectivity index (χ2v) is 7.69. The number of nitrogens with zero attached hydrogens (tertiary/aromatic N) is 2. The van der Waals surface area contributed by atoms with Crippen molar-refractivity contribution in [2.24, 2.45) is 0 Å². The monoisotopic (exact) mass is 409 g/mol. The van der Waals surface area contributed by atoms with Crippen molar-refractivity contribution < 1.29 is 18.5 Å². The highest BCUT2D eigenvalue weighted by Crippen LogP contribution is 2.18. The molecule has 1 unspecified atom stereocenters. The van der Waals surface area contributed by atoms with Crippen LogP contribution in [-0.2, 0) is 22.1 Å². The Morgan fingerprint density at radius 1 is 1.11 bits per heavy atom. The van der Waals surface area contributed by atoms with Gasteiger partial charge in [0, 0.05) is 18.5 Å². The summed E-state index contributed by atoms with van der Waals surface area (Å²) in [5, 5.41) is 7.45. The lowest BCUT2D eigenvalue weighted by molar-refractivity contribution is 0.274. The van der Waals surface area contributed by atoms with Gasteiger partial charge in [-0.05, 0) is 31.4 Å². The molecule has 0 saturated carbocycles. The van der Waals surface area contributed by atoms with Crippen LogP contribution in [0.5, 0.6) is 0 Å². The van der Waals surface area contributed by atoms with Gasteiger partial charge in [-0.15, -0.1) is 0 Å². The van der Waals surface area contributed by atoms with Crippen LogP contribution in [0.4, 0.5) is 0 Å².